The Morgan fingerprint density at radius 2 is 2.23 bits per heavy atom. The monoisotopic (exact) mass is 175 g/mol. The standard InChI is InChI=1S/C11H11O2/c1-4-9-5-6-10(8(2)7-9)11(12)13-3/h5-7H,1H2,2-3H3. The smallest absolute Gasteiger partial charge is 0.338 e. The largest absolute Gasteiger partial charge is 0.465 e. The van der Waals surface area contributed by atoms with Crippen molar-refractivity contribution < 1.29 is 9.53 Å². The highest BCUT2D eigenvalue weighted by atomic mass is 16.5. The van der Waals surface area contributed by atoms with Gasteiger partial charge in [0.05, 0.1) is 12.7 Å². The van der Waals surface area contributed by atoms with E-state index in [0.29, 0.717) is 5.56 Å². The third-order valence-corrected chi connectivity index (χ3v) is 1.84. The van der Waals surface area contributed by atoms with Crippen LogP contribution in [0.2, 0.25) is 0 Å². The number of esters is 1. The number of hydrogen-bond donors (Lipinski definition) is 0. The molecule has 67 valence electrons. The zero-order valence-electron chi connectivity index (χ0n) is 7.76. The van der Waals surface area contributed by atoms with Crippen LogP contribution in [0.3, 0.4) is 0 Å². The molecule has 0 atom stereocenters. The van der Waals surface area contributed by atoms with Crippen LogP contribution in [0, 0.1) is 13.0 Å². The van der Waals surface area contributed by atoms with Gasteiger partial charge in [0.1, 0.15) is 0 Å². The molecule has 1 radical (unpaired) electrons. The van der Waals surface area contributed by atoms with Crippen LogP contribution in [-0.4, -0.2) is 13.1 Å². The molecule has 0 heterocycles. The van der Waals surface area contributed by atoms with Gasteiger partial charge < -0.3 is 4.74 Å². The van der Waals surface area contributed by atoms with E-state index in [-0.39, 0.29) is 5.97 Å². The second-order valence-electron chi connectivity index (χ2n) is 2.70. The first-order valence-corrected chi connectivity index (χ1v) is 3.91. The van der Waals surface area contributed by atoms with Gasteiger partial charge in [0.15, 0.2) is 0 Å². The first kappa shape index (κ1) is 9.52. The Labute approximate surface area is 77.8 Å². The third-order valence-electron chi connectivity index (χ3n) is 1.84. The molecule has 13 heavy (non-hydrogen) atoms. The quantitative estimate of drug-likeness (QED) is 0.643. The predicted octanol–water partition coefficient (Wildman–Crippen LogP) is 2.12. The molecule has 0 saturated heterocycles. The van der Waals surface area contributed by atoms with E-state index >= 15 is 0 Å². The number of methoxy groups -OCH3 is 1. The van der Waals surface area contributed by atoms with Crippen molar-refractivity contribution in [1.82, 2.24) is 0 Å². The Morgan fingerprint density at radius 3 is 2.69 bits per heavy atom. The first-order valence-electron chi connectivity index (χ1n) is 3.91. The number of carbonyl (C=O) groups is 1. The number of benzene rings is 1. The van der Waals surface area contributed by atoms with E-state index in [1.165, 1.54) is 7.11 Å². The molecule has 0 saturated carbocycles. The normalized spacial score (nSPS) is 9.38. The summed E-state index contributed by atoms with van der Waals surface area (Å²) < 4.78 is 4.62. The highest BCUT2D eigenvalue weighted by Gasteiger charge is 2.07. The molecule has 0 aromatic heterocycles. The van der Waals surface area contributed by atoms with E-state index in [1.807, 2.05) is 13.0 Å². The number of rotatable bonds is 2. The fraction of sp³-hybridized carbons (Fsp3) is 0.182. The lowest BCUT2D eigenvalue weighted by Crippen LogP contribution is -2.03. The molecule has 0 aliphatic rings. The molecule has 0 unspecified atom stereocenters. The Hall–Kier alpha value is -1.57. The van der Waals surface area contributed by atoms with E-state index in [2.05, 4.69) is 17.4 Å². The van der Waals surface area contributed by atoms with Crippen LogP contribution in [0.1, 0.15) is 21.5 Å². The number of ether oxygens (including phenoxy) is 1. The van der Waals surface area contributed by atoms with Gasteiger partial charge >= 0.3 is 5.97 Å². The molecule has 0 spiro atoms. The average Bonchev–Trinajstić information content (AvgIpc) is 2.16. The molecule has 0 bridgehead atoms. The summed E-state index contributed by atoms with van der Waals surface area (Å²) in [5, 5.41) is 0. The van der Waals surface area contributed by atoms with Crippen molar-refractivity contribution in [2.75, 3.05) is 7.11 Å². The zero-order chi connectivity index (χ0) is 9.84. The van der Waals surface area contributed by atoms with Crippen molar-refractivity contribution >= 4 is 5.97 Å². The summed E-state index contributed by atoms with van der Waals surface area (Å²) in [5.41, 5.74) is 2.34. The summed E-state index contributed by atoms with van der Waals surface area (Å²) in [4.78, 5) is 11.2. The van der Waals surface area contributed by atoms with Crippen LogP contribution < -0.4 is 0 Å². The minimum Gasteiger partial charge on any atom is -0.465 e. The van der Waals surface area contributed by atoms with Gasteiger partial charge in [-0.25, -0.2) is 4.79 Å². The Kier molecular flexibility index (Phi) is 2.85. The molecule has 0 N–H and O–H groups in total. The van der Waals surface area contributed by atoms with Gasteiger partial charge in [0.25, 0.3) is 0 Å². The van der Waals surface area contributed by atoms with E-state index < -0.39 is 0 Å². The van der Waals surface area contributed by atoms with E-state index in [0.717, 1.165) is 11.1 Å². The molecular weight excluding hydrogens is 164 g/mol. The molecule has 1 aromatic rings. The maximum atomic E-state index is 11.2. The molecule has 0 aliphatic heterocycles. The van der Waals surface area contributed by atoms with Crippen LogP contribution in [-0.2, 0) is 4.74 Å². The molecular formula is C11H11O2. The highest BCUT2D eigenvalue weighted by Crippen LogP contribution is 2.11. The third kappa shape index (κ3) is 1.96. The van der Waals surface area contributed by atoms with Gasteiger partial charge in [0.2, 0.25) is 0 Å². The van der Waals surface area contributed by atoms with Gasteiger partial charge in [-0.05, 0) is 30.2 Å². The van der Waals surface area contributed by atoms with Gasteiger partial charge in [-0.1, -0.05) is 18.7 Å². The predicted molar refractivity (Wildman–Crippen MR) is 50.5 cm³/mol. The summed E-state index contributed by atoms with van der Waals surface area (Å²) >= 11 is 0. The van der Waals surface area contributed by atoms with Crippen molar-refractivity contribution in [2.24, 2.45) is 0 Å². The molecule has 0 aliphatic carbocycles. The molecule has 1 aromatic carbocycles. The lowest BCUT2D eigenvalue weighted by Gasteiger charge is -2.03. The number of hydrogen-bond acceptors (Lipinski definition) is 2. The van der Waals surface area contributed by atoms with Crippen molar-refractivity contribution in [3.63, 3.8) is 0 Å². The average molecular weight is 175 g/mol. The fourth-order valence-corrected chi connectivity index (χ4v) is 1.11. The minimum atomic E-state index is -0.312. The summed E-state index contributed by atoms with van der Waals surface area (Å²) in [6, 6.07) is 5.35. The first-order chi connectivity index (χ1) is 6.19. The van der Waals surface area contributed by atoms with E-state index in [4.69, 9.17) is 0 Å². The Morgan fingerprint density at radius 1 is 1.54 bits per heavy atom. The van der Waals surface area contributed by atoms with Crippen molar-refractivity contribution in [1.29, 1.82) is 0 Å². The van der Waals surface area contributed by atoms with Gasteiger partial charge in [0, 0.05) is 0 Å². The Bertz CT molecular complexity index is 340. The summed E-state index contributed by atoms with van der Waals surface area (Å²) in [7, 11) is 1.37. The molecule has 0 fully saturated rings. The minimum absolute atomic E-state index is 0.312. The topological polar surface area (TPSA) is 26.3 Å². The highest BCUT2D eigenvalue weighted by molar-refractivity contribution is 5.91. The van der Waals surface area contributed by atoms with Crippen LogP contribution >= 0.6 is 0 Å². The lowest BCUT2D eigenvalue weighted by atomic mass is 10.1. The summed E-state index contributed by atoms with van der Waals surface area (Å²) in [6.07, 6.45) is 2.75. The van der Waals surface area contributed by atoms with Gasteiger partial charge in [-0.15, -0.1) is 0 Å². The SMILES string of the molecule is C=[C]c1ccc(C(=O)OC)c(C)c1. The fourth-order valence-electron chi connectivity index (χ4n) is 1.11. The summed E-state index contributed by atoms with van der Waals surface area (Å²) in [6.45, 7) is 5.38. The van der Waals surface area contributed by atoms with Crippen molar-refractivity contribution in [3.05, 3.63) is 47.5 Å². The van der Waals surface area contributed by atoms with Crippen LogP contribution in [0.4, 0.5) is 0 Å². The second-order valence-corrected chi connectivity index (χ2v) is 2.70. The van der Waals surface area contributed by atoms with Crippen LogP contribution in [0.15, 0.2) is 24.8 Å². The zero-order valence-corrected chi connectivity index (χ0v) is 7.76. The van der Waals surface area contributed by atoms with Crippen LogP contribution in [0.25, 0.3) is 0 Å². The van der Waals surface area contributed by atoms with Gasteiger partial charge in [-0.3, -0.25) is 0 Å². The molecule has 1 rings (SSSR count). The molecule has 2 nitrogen and oxygen atoms in total. The molecule has 2 heteroatoms. The maximum Gasteiger partial charge on any atom is 0.338 e. The summed E-state index contributed by atoms with van der Waals surface area (Å²) in [5.74, 6) is -0.312. The van der Waals surface area contributed by atoms with E-state index in [1.54, 1.807) is 12.1 Å². The number of aryl methyl sites for hydroxylation is 1. The molecule has 0 amide bonds. The van der Waals surface area contributed by atoms with Crippen molar-refractivity contribution in [2.45, 2.75) is 6.92 Å². The maximum absolute atomic E-state index is 11.2. The van der Waals surface area contributed by atoms with E-state index in [9.17, 15) is 4.79 Å². The van der Waals surface area contributed by atoms with Crippen LogP contribution in [0.5, 0.6) is 0 Å². The second kappa shape index (κ2) is 3.90. The lowest BCUT2D eigenvalue weighted by molar-refractivity contribution is 0.0600. The van der Waals surface area contributed by atoms with Gasteiger partial charge in [-0.2, -0.15) is 0 Å². The van der Waals surface area contributed by atoms with Crippen molar-refractivity contribution in [3.8, 4) is 0 Å². The Balaban J connectivity index is 3.12. The number of carbonyl (C=O) groups excluding carboxylic acids is 1.